The van der Waals surface area contributed by atoms with Crippen LogP contribution in [0.5, 0.6) is 0 Å². The van der Waals surface area contributed by atoms with Gasteiger partial charge in [0.1, 0.15) is 5.52 Å². The van der Waals surface area contributed by atoms with Gasteiger partial charge < -0.3 is 10.4 Å². The van der Waals surface area contributed by atoms with Crippen molar-refractivity contribution in [2.24, 2.45) is 5.92 Å². The number of aliphatic carboxylic acids is 1. The summed E-state index contributed by atoms with van der Waals surface area (Å²) in [5, 5.41) is 19.4. The number of carbonyl (C=O) groups is 1. The Balaban J connectivity index is 2.04. The fourth-order valence-electron chi connectivity index (χ4n) is 2.49. The minimum atomic E-state index is -0.793. The van der Waals surface area contributed by atoms with Gasteiger partial charge in [0.2, 0.25) is 0 Å². The predicted molar refractivity (Wildman–Crippen MR) is 63.0 cm³/mol. The van der Waals surface area contributed by atoms with Crippen molar-refractivity contribution < 1.29 is 9.90 Å². The zero-order valence-electron chi connectivity index (χ0n) is 9.63. The van der Waals surface area contributed by atoms with E-state index >= 15 is 0 Å². The van der Waals surface area contributed by atoms with E-state index in [0.717, 1.165) is 18.7 Å². The lowest BCUT2D eigenvalue weighted by Gasteiger charge is -2.28. The number of hydrogen-bond acceptors (Lipinski definition) is 5. The number of carboxylic acid groups (broad SMARTS) is 1. The Morgan fingerprint density at radius 2 is 2.22 bits per heavy atom. The van der Waals surface area contributed by atoms with E-state index in [4.69, 9.17) is 0 Å². The molecule has 7 nitrogen and oxygen atoms in total. The molecule has 0 bridgehead atoms. The van der Waals surface area contributed by atoms with Gasteiger partial charge in [0.05, 0.1) is 11.6 Å². The number of nitrogens with zero attached hydrogens (tertiary/aromatic N) is 3. The van der Waals surface area contributed by atoms with Crippen molar-refractivity contribution in [3.05, 3.63) is 18.1 Å². The van der Waals surface area contributed by atoms with Crippen LogP contribution in [0.3, 0.4) is 0 Å². The van der Waals surface area contributed by atoms with Gasteiger partial charge in [0, 0.05) is 24.9 Å². The molecule has 3 N–H and O–H groups in total. The molecule has 1 aliphatic heterocycles. The molecule has 3 heterocycles. The number of fused-ring (bicyclic) bond motifs is 1. The molecular formula is C11H13N5O2. The van der Waals surface area contributed by atoms with Gasteiger partial charge in [-0.15, -0.1) is 0 Å². The smallest absolute Gasteiger partial charge is 0.308 e. The number of piperidine rings is 1. The van der Waals surface area contributed by atoms with E-state index in [1.807, 2.05) is 0 Å². The van der Waals surface area contributed by atoms with Crippen LogP contribution in [0.1, 0.15) is 18.0 Å². The second kappa shape index (κ2) is 4.34. The van der Waals surface area contributed by atoms with Crippen LogP contribution in [0.15, 0.2) is 12.4 Å². The largest absolute Gasteiger partial charge is 0.481 e. The standard InChI is InChI=1S/C11H13N5O2/c17-11(18)7-5-12-2-1-6(7)8-9-10(16-15-8)14-4-3-13-9/h3-4,6-7,12H,1-2,5H2,(H,17,18)(H,14,15,16). The molecule has 0 amide bonds. The molecule has 1 aliphatic rings. The van der Waals surface area contributed by atoms with Gasteiger partial charge in [-0.1, -0.05) is 0 Å². The first-order valence-corrected chi connectivity index (χ1v) is 5.86. The molecule has 3 rings (SSSR count). The second-order valence-corrected chi connectivity index (χ2v) is 4.41. The lowest BCUT2D eigenvalue weighted by atomic mass is 9.84. The average Bonchev–Trinajstić information content (AvgIpc) is 2.82. The molecule has 0 spiro atoms. The third-order valence-electron chi connectivity index (χ3n) is 3.39. The van der Waals surface area contributed by atoms with E-state index in [0.29, 0.717) is 17.7 Å². The van der Waals surface area contributed by atoms with Crippen molar-refractivity contribution in [3.8, 4) is 0 Å². The lowest BCUT2D eigenvalue weighted by molar-refractivity contribution is -0.143. The van der Waals surface area contributed by atoms with Gasteiger partial charge in [-0.3, -0.25) is 9.89 Å². The molecule has 7 heteroatoms. The van der Waals surface area contributed by atoms with Crippen molar-refractivity contribution >= 4 is 17.1 Å². The van der Waals surface area contributed by atoms with Crippen molar-refractivity contribution in [2.45, 2.75) is 12.3 Å². The van der Waals surface area contributed by atoms with Crippen LogP contribution in [0.4, 0.5) is 0 Å². The number of nitrogens with one attached hydrogen (secondary N) is 2. The highest BCUT2D eigenvalue weighted by molar-refractivity contribution is 5.76. The van der Waals surface area contributed by atoms with Crippen molar-refractivity contribution in [2.75, 3.05) is 13.1 Å². The van der Waals surface area contributed by atoms with Crippen LogP contribution in [-0.2, 0) is 4.79 Å². The summed E-state index contributed by atoms with van der Waals surface area (Å²) >= 11 is 0. The SMILES string of the molecule is O=C(O)C1CNCCC1c1[nH]nc2nccnc12. The molecule has 18 heavy (non-hydrogen) atoms. The monoisotopic (exact) mass is 247 g/mol. The molecule has 94 valence electrons. The molecule has 2 unspecified atom stereocenters. The summed E-state index contributed by atoms with van der Waals surface area (Å²) in [4.78, 5) is 19.6. The maximum Gasteiger partial charge on any atom is 0.308 e. The van der Waals surface area contributed by atoms with Crippen LogP contribution in [0.25, 0.3) is 11.2 Å². The Morgan fingerprint density at radius 3 is 3.06 bits per heavy atom. The molecule has 2 aromatic heterocycles. The van der Waals surface area contributed by atoms with E-state index in [1.165, 1.54) is 0 Å². The fraction of sp³-hybridized carbons (Fsp3) is 0.455. The summed E-state index contributed by atoms with van der Waals surface area (Å²) < 4.78 is 0. The first-order chi connectivity index (χ1) is 8.77. The van der Waals surface area contributed by atoms with Crippen molar-refractivity contribution in [1.29, 1.82) is 0 Å². The highest BCUT2D eigenvalue weighted by Crippen LogP contribution is 2.32. The third-order valence-corrected chi connectivity index (χ3v) is 3.39. The van der Waals surface area contributed by atoms with Crippen LogP contribution in [-0.4, -0.2) is 44.3 Å². The van der Waals surface area contributed by atoms with Gasteiger partial charge in [-0.05, 0) is 13.0 Å². The van der Waals surface area contributed by atoms with Gasteiger partial charge >= 0.3 is 5.97 Å². The topological polar surface area (TPSA) is 104 Å². The zero-order chi connectivity index (χ0) is 12.5. The molecule has 1 fully saturated rings. The molecule has 0 aromatic carbocycles. The summed E-state index contributed by atoms with van der Waals surface area (Å²) in [6.45, 7) is 1.27. The third kappa shape index (κ3) is 1.72. The number of aromatic amines is 1. The Morgan fingerprint density at radius 1 is 1.39 bits per heavy atom. The Kier molecular flexibility index (Phi) is 2.67. The molecule has 2 atom stereocenters. The number of rotatable bonds is 2. The summed E-state index contributed by atoms with van der Waals surface area (Å²) in [5.41, 5.74) is 2.00. The van der Waals surface area contributed by atoms with Crippen LogP contribution < -0.4 is 5.32 Å². The Hall–Kier alpha value is -2.02. The molecule has 1 saturated heterocycles. The van der Waals surface area contributed by atoms with Crippen LogP contribution in [0.2, 0.25) is 0 Å². The summed E-state index contributed by atoms with van der Waals surface area (Å²) in [6, 6.07) is 0. The zero-order valence-corrected chi connectivity index (χ0v) is 9.63. The molecular weight excluding hydrogens is 234 g/mol. The number of aromatic nitrogens is 4. The number of carboxylic acids is 1. The minimum absolute atomic E-state index is 0.0922. The van der Waals surface area contributed by atoms with Gasteiger partial charge in [-0.2, -0.15) is 5.10 Å². The summed E-state index contributed by atoms with van der Waals surface area (Å²) in [6.07, 6.45) is 3.92. The predicted octanol–water partition coefficient (Wildman–Crippen LogP) is 0.131. The van der Waals surface area contributed by atoms with E-state index < -0.39 is 11.9 Å². The summed E-state index contributed by atoms with van der Waals surface area (Å²) in [5.74, 6) is -1.34. The summed E-state index contributed by atoms with van der Waals surface area (Å²) in [7, 11) is 0. The fourth-order valence-corrected chi connectivity index (χ4v) is 2.49. The highest BCUT2D eigenvalue weighted by atomic mass is 16.4. The van der Waals surface area contributed by atoms with Crippen LogP contribution in [0, 0.1) is 5.92 Å². The molecule has 0 saturated carbocycles. The Bertz CT molecular complexity index is 582. The average molecular weight is 247 g/mol. The molecule has 2 aromatic rings. The van der Waals surface area contributed by atoms with E-state index in [2.05, 4.69) is 25.5 Å². The maximum atomic E-state index is 11.3. The van der Waals surface area contributed by atoms with Crippen LogP contribution >= 0.6 is 0 Å². The quantitative estimate of drug-likeness (QED) is 0.697. The normalized spacial score (nSPS) is 24.2. The highest BCUT2D eigenvalue weighted by Gasteiger charge is 2.34. The maximum absolute atomic E-state index is 11.3. The van der Waals surface area contributed by atoms with Gasteiger partial charge in [0.15, 0.2) is 5.65 Å². The van der Waals surface area contributed by atoms with Crippen molar-refractivity contribution in [1.82, 2.24) is 25.5 Å². The first kappa shape index (κ1) is 11.1. The number of hydrogen-bond donors (Lipinski definition) is 3. The number of H-pyrrole nitrogens is 1. The van der Waals surface area contributed by atoms with Gasteiger partial charge in [-0.25, -0.2) is 9.97 Å². The van der Waals surface area contributed by atoms with Gasteiger partial charge in [0.25, 0.3) is 0 Å². The second-order valence-electron chi connectivity index (χ2n) is 4.41. The van der Waals surface area contributed by atoms with E-state index in [-0.39, 0.29) is 5.92 Å². The van der Waals surface area contributed by atoms with E-state index in [9.17, 15) is 9.90 Å². The van der Waals surface area contributed by atoms with E-state index in [1.54, 1.807) is 12.4 Å². The Labute approximate surface area is 103 Å². The molecule has 0 radical (unpaired) electrons. The minimum Gasteiger partial charge on any atom is -0.481 e. The molecule has 0 aliphatic carbocycles. The van der Waals surface area contributed by atoms with Crippen molar-refractivity contribution in [3.63, 3.8) is 0 Å². The lowest BCUT2D eigenvalue weighted by Crippen LogP contribution is -2.39. The first-order valence-electron chi connectivity index (χ1n) is 5.86.